The van der Waals surface area contributed by atoms with E-state index in [2.05, 4.69) is 5.10 Å². The minimum Gasteiger partial charge on any atom is -0.507 e. The molecule has 0 radical (unpaired) electrons. The van der Waals surface area contributed by atoms with Crippen molar-refractivity contribution in [1.82, 2.24) is 9.78 Å². The fraction of sp³-hybridized carbons (Fsp3) is 0.222. The molecule has 0 fully saturated rings. The van der Waals surface area contributed by atoms with Gasteiger partial charge >= 0.3 is 5.97 Å². The highest BCUT2D eigenvalue weighted by Gasteiger charge is 2.14. The van der Waals surface area contributed by atoms with Crippen LogP contribution in [-0.4, -0.2) is 28.0 Å². The topological polar surface area (TPSA) is 64.4 Å². The maximum Gasteiger partial charge on any atom is 0.358 e. The van der Waals surface area contributed by atoms with Gasteiger partial charge in [-0.25, -0.2) is 4.79 Å². The Kier molecular flexibility index (Phi) is 4.76. The fourth-order valence-corrected chi connectivity index (χ4v) is 3.51. The number of benzene rings is 2. The maximum absolute atomic E-state index is 11.6. The van der Waals surface area contributed by atoms with Crippen molar-refractivity contribution < 1.29 is 14.6 Å². The summed E-state index contributed by atoms with van der Waals surface area (Å²) in [6.45, 7) is 2.65. The SMILES string of the molecule is CCn1nc(C(=O)OC)cc1CSc1cc(O)c2ccccc2c1. The summed E-state index contributed by atoms with van der Waals surface area (Å²) in [5.74, 6) is 0.488. The number of phenols is 1. The third-order valence-corrected chi connectivity index (χ3v) is 4.77. The number of thioether (sulfide) groups is 1. The van der Waals surface area contributed by atoms with Gasteiger partial charge in [0.2, 0.25) is 0 Å². The summed E-state index contributed by atoms with van der Waals surface area (Å²) in [5, 5.41) is 16.3. The summed E-state index contributed by atoms with van der Waals surface area (Å²) in [5.41, 5.74) is 1.26. The standard InChI is InChI=1S/C18H18N2O3S/c1-3-20-13(9-16(19-20)18(22)23-2)11-24-14-8-12-6-4-5-7-15(12)17(21)10-14/h4-10,21H,3,11H2,1-2H3. The Morgan fingerprint density at radius 1 is 1.29 bits per heavy atom. The first-order valence-electron chi connectivity index (χ1n) is 7.62. The van der Waals surface area contributed by atoms with Gasteiger partial charge in [-0.1, -0.05) is 24.3 Å². The Morgan fingerprint density at radius 3 is 2.83 bits per heavy atom. The molecule has 24 heavy (non-hydrogen) atoms. The molecule has 0 aliphatic rings. The van der Waals surface area contributed by atoms with Crippen LogP contribution in [0.15, 0.2) is 47.4 Å². The number of hydrogen-bond donors (Lipinski definition) is 1. The largest absolute Gasteiger partial charge is 0.507 e. The van der Waals surface area contributed by atoms with Gasteiger partial charge in [0.1, 0.15) is 5.75 Å². The van der Waals surface area contributed by atoms with Gasteiger partial charge in [-0.05, 0) is 30.5 Å². The molecule has 3 rings (SSSR count). The number of rotatable bonds is 5. The monoisotopic (exact) mass is 342 g/mol. The number of carbonyl (C=O) groups is 1. The first kappa shape index (κ1) is 16.4. The second kappa shape index (κ2) is 6.97. The quantitative estimate of drug-likeness (QED) is 0.564. The highest BCUT2D eigenvalue weighted by Crippen LogP contribution is 2.32. The molecule has 0 atom stereocenters. The van der Waals surface area contributed by atoms with E-state index in [0.717, 1.165) is 21.4 Å². The molecule has 0 bridgehead atoms. The summed E-state index contributed by atoms with van der Waals surface area (Å²) < 4.78 is 6.51. The van der Waals surface area contributed by atoms with Gasteiger partial charge in [0.15, 0.2) is 5.69 Å². The first-order chi connectivity index (χ1) is 11.6. The Hall–Kier alpha value is -2.47. The molecule has 124 valence electrons. The van der Waals surface area contributed by atoms with Crippen LogP contribution in [0.4, 0.5) is 0 Å². The predicted molar refractivity (Wildman–Crippen MR) is 94.4 cm³/mol. The molecule has 2 aromatic carbocycles. The molecule has 0 saturated carbocycles. The molecule has 3 aromatic rings. The van der Waals surface area contributed by atoms with Crippen LogP contribution in [-0.2, 0) is 17.0 Å². The molecule has 1 heterocycles. The third kappa shape index (κ3) is 3.23. The number of aromatic hydroxyl groups is 1. The van der Waals surface area contributed by atoms with E-state index in [1.807, 2.05) is 37.3 Å². The van der Waals surface area contributed by atoms with E-state index in [1.165, 1.54) is 7.11 Å². The average Bonchev–Trinajstić information content (AvgIpc) is 3.02. The van der Waals surface area contributed by atoms with Crippen LogP contribution in [0.1, 0.15) is 23.1 Å². The van der Waals surface area contributed by atoms with Gasteiger partial charge in [-0.2, -0.15) is 5.10 Å². The van der Waals surface area contributed by atoms with E-state index < -0.39 is 5.97 Å². The number of fused-ring (bicyclic) bond motifs is 1. The van der Waals surface area contributed by atoms with Crippen molar-refractivity contribution in [2.45, 2.75) is 24.1 Å². The van der Waals surface area contributed by atoms with E-state index in [0.29, 0.717) is 18.0 Å². The summed E-state index contributed by atoms with van der Waals surface area (Å²) in [6.07, 6.45) is 0. The number of methoxy groups -OCH3 is 1. The lowest BCUT2D eigenvalue weighted by Crippen LogP contribution is -2.05. The van der Waals surface area contributed by atoms with Crippen LogP contribution in [0.3, 0.4) is 0 Å². The summed E-state index contributed by atoms with van der Waals surface area (Å²) in [6, 6.07) is 13.3. The maximum atomic E-state index is 11.6. The smallest absolute Gasteiger partial charge is 0.358 e. The van der Waals surface area contributed by atoms with Crippen molar-refractivity contribution in [2.75, 3.05) is 7.11 Å². The van der Waals surface area contributed by atoms with Crippen LogP contribution in [0.2, 0.25) is 0 Å². The van der Waals surface area contributed by atoms with Crippen molar-refractivity contribution in [1.29, 1.82) is 0 Å². The number of aryl methyl sites for hydroxylation is 1. The number of phenolic OH excluding ortho intramolecular Hbond substituents is 1. The molecule has 0 spiro atoms. The molecular weight excluding hydrogens is 324 g/mol. The molecule has 6 heteroatoms. The number of ether oxygens (including phenoxy) is 1. The van der Waals surface area contributed by atoms with E-state index in [4.69, 9.17) is 4.74 Å². The highest BCUT2D eigenvalue weighted by atomic mass is 32.2. The van der Waals surface area contributed by atoms with Crippen LogP contribution >= 0.6 is 11.8 Å². The van der Waals surface area contributed by atoms with Crippen LogP contribution in [0.25, 0.3) is 10.8 Å². The lowest BCUT2D eigenvalue weighted by Gasteiger charge is -2.07. The molecule has 5 nitrogen and oxygen atoms in total. The second-order valence-electron chi connectivity index (χ2n) is 5.28. The molecule has 1 aromatic heterocycles. The van der Waals surface area contributed by atoms with Crippen molar-refractivity contribution in [3.05, 3.63) is 53.9 Å². The Labute approximate surface area is 144 Å². The van der Waals surface area contributed by atoms with Gasteiger partial charge in [0.05, 0.1) is 7.11 Å². The van der Waals surface area contributed by atoms with E-state index in [9.17, 15) is 9.90 Å². The molecule has 0 unspecified atom stereocenters. The van der Waals surface area contributed by atoms with E-state index >= 15 is 0 Å². The summed E-state index contributed by atoms with van der Waals surface area (Å²) in [7, 11) is 1.35. The molecule has 0 aliphatic carbocycles. The van der Waals surface area contributed by atoms with Crippen LogP contribution < -0.4 is 0 Å². The van der Waals surface area contributed by atoms with Crippen molar-refractivity contribution in [3.8, 4) is 5.75 Å². The third-order valence-electron chi connectivity index (χ3n) is 3.76. The Morgan fingerprint density at radius 2 is 2.08 bits per heavy atom. The van der Waals surface area contributed by atoms with Gasteiger partial charge in [-0.15, -0.1) is 11.8 Å². The van der Waals surface area contributed by atoms with Gasteiger partial charge in [0.25, 0.3) is 0 Å². The van der Waals surface area contributed by atoms with E-state index in [1.54, 1.807) is 28.6 Å². The zero-order valence-electron chi connectivity index (χ0n) is 13.5. The number of aromatic nitrogens is 2. The molecule has 0 saturated heterocycles. The van der Waals surface area contributed by atoms with Crippen molar-refractivity contribution in [3.63, 3.8) is 0 Å². The highest BCUT2D eigenvalue weighted by molar-refractivity contribution is 7.98. The summed E-state index contributed by atoms with van der Waals surface area (Å²) >= 11 is 1.59. The fourth-order valence-electron chi connectivity index (χ4n) is 2.55. The van der Waals surface area contributed by atoms with Crippen molar-refractivity contribution in [2.24, 2.45) is 0 Å². The Bertz CT molecular complexity index is 889. The first-order valence-corrected chi connectivity index (χ1v) is 8.60. The molecule has 1 N–H and O–H groups in total. The Balaban J connectivity index is 1.83. The number of hydrogen-bond acceptors (Lipinski definition) is 5. The lowest BCUT2D eigenvalue weighted by molar-refractivity contribution is 0.0593. The zero-order valence-corrected chi connectivity index (χ0v) is 14.3. The number of nitrogens with zero attached hydrogens (tertiary/aromatic N) is 2. The normalized spacial score (nSPS) is 10.9. The minimum atomic E-state index is -0.434. The molecule has 0 amide bonds. The zero-order chi connectivity index (χ0) is 17.1. The number of carbonyl (C=O) groups excluding carboxylic acids is 1. The average molecular weight is 342 g/mol. The van der Waals surface area contributed by atoms with Crippen LogP contribution in [0.5, 0.6) is 5.75 Å². The van der Waals surface area contributed by atoms with Crippen LogP contribution in [0, 0.1) is 0 Å². The van der Waals surface area contributed by atoms with Gasteiger partial charge < -0.3 is 9.84 Å². The lowest BCUT2D eigenvalue weighted by atomic mass is 10.1. The minimum absolute atomic E-state index is 0.273. The second-order valence-corrected chi connectivity index (χ2v) is 6.33. The molecular formula is C18H18N2O3S. The van der Waals surface area contributed by atoms with Gasteiger partial charge in [-0.3, -0.25) is 4.68 Å². The predicted octanol–water partition coefficient (Wildman–Crippen LogP) is 3.84. The van der Waals surface area contributed by atoms with Crippen molar-refractivity contribution >= 4 is 28.5 Å². The summed E-state index contributed by atoms with van der Waals surface area (Å²) in [4.78, 5) is 12.6. The number of esters is 1. The van der Waals surface area contributed by atoms with E-state index in [-0.39, 0.29) is 5.75 Å². The molecule has 0 aliphatic heterocycles. The van der Waals surface area contributed by atoms with Gasteiger partial charge in [0, 0.05) is 28.3 Å².